The van der Waals surface area contributed by atoms with Gasteiger partial charge in [-0.15, -0.1) is 0 Å². The molecular formula is C9H15BrO4. The van der Waals surface area contributed by atoms with E-state index in [1.807, 2.05) is 6.92 Å². The van der Waals surface area contributed by atoms with E-state index >= 15 is 0 Å². The van der Waals surface area contributed by atoms with E-state index in [4.69, 9.17) is 0 Å². The highest BCUT2D eigenvalue weighted by Crippen LogP contribution is 2.28. The number of rotatable bonds is 5. The molecule has 5 heteroatoms. The third-order valence-electron chi connectivity index (χ3n) is 1.89. The Bertz CT molecular complexity index is 199. The molecule has 0 atom stereocenters. The normalized spacial score (nSPS) is 10.9. The summed E-state index contributed by atoms with van der Waals surface area (Å²) in [6, 6.07) is 0. The minimum Gasteiger partial charge on any atom is -0.468 e. The molecule has 0 aliphatic heterocycles. The van der Waals surface area contributed by atoms with Gasteiger partial charge in [-0.2, -0.15) is 0 Å². The van der Waals surface area contributed by atoms with Crippen LogP contribution in [0, 0.1) is 0 Å². The first-order valence-electron chi connectivity index (χ1n) is 4.38. The molecule has 0 heterocycles. The fourth-order valence-electron chi connectivity index (χ4n) is 1.03. The topological polar surface area (TPSA) is 52.6 Å². The van der Waals surface area contributed by atoms with Crippen LogP contribution >= 0.6 is 15.9 Å². The molecular weight excluding hydrogens is 252 g/mol. The molecule has 0 radical (unpaired) electrons. The molecule has 0 rings (SSSR count). The number of unbranched alkanes of at least 4 members (excludes halogenated alkanes) is 1. The van der Waals surface area contributed by atoms with Gasteiger partial charge in [-0.3, -0.25) is 0 Å². The van der Waals surface area contributed by atoms with Gasteiger partial charge in [0.1, 0.15) is 0 Å². The second-order valence-electron chi connectivity index (χ2n) is 2.89. The minimum atomic E-state index is -1.34. The Hall–Kier alpha value is -0.580. The Labute approximate surface area is 92.1 Å². The lowest BCUT2D eigenvalue weighted by Crippen LogP contribution is -2.42. The van der Waals surface area contributed by atoms with Crippen molar-refractivity contribution < 1.29 is 19.1 Å². The van der Waals surface area contributed by atoms with E-state index in [1.54, 1.807) is 0 Å². The van der Waals surface area contributed by atoms with Crippen molar-refractivity contribution in [3.8, 4) is 0 Å². The second kappa shape index (κ2) is 6.01. The maximum Gasteiger partial charge on any atom is 0.334 e. The first-order valence-corrected chi connectivity index (χ1v) is 5.18. The van der Waals surface area contributed by atoms with Gasteiger partial charge in [0.25, 0.3) is 0 Å². The van der Waals surface area contributed by atoms with E-state index < -0.39 is 16.3 Å². The molecule has 0 unspecified atom stereocenters. The number of alkyl halides is 1. The van der Waals surface area contributed by atoms with Gasteiger partial charge >= 0.3 is 11.9 Å². The molecule has 0 fully saturated rings. The Morgan fingerprint density at radius 1 is 1.21 bits per heavy atom. The van der Waals surface area contributed by atoms with Gasteiger partial charge < -0.3 is 9.47 Å². The smallest absolute Gasteiger partial charge is 0.334 e. The van der Waals surface area contributed by atoms with E-state index in [0.717, 1.165) is 12.8 Å². The van der Waals surface area contributed by atoms with Crippen LogP contribution < -0.4 is 0 Å². The summed E-state index contributed by atoms with van der Waals surface area (Å²) in [4.78, 5) is 22.7. The molecule has 0 spiro atoms. The summed E-state index contributed by atoms with van der Waals surface area (Å²) in [6.07, 6.45) is 2.01. The first kappa shape index (κ1) is 13.4. The van der Waals surface area contributed by atoms with Gasteiger partial charge in [0.15, 0.2) is 0 Å². The van der Waals surface area contributed by atoms with Crippen LogP contribution in [-0.2, 0) is 19.1 Å². The molecule has 0 N–H and O–H groups in total. The van der Waals surface area contributed by atoms with Gasteiger partial charge in [-0.1, -0.05) is 35.7 Å². The lowest BCUT2D eigenvalue weighted by Gasteiger charge is -2.21. The number of carbonyl (C=O) groups is 2. The van der Waals surface area contributed by atoms with Crippen LogP contribution in [-0.4, -0.2) is 30.5 Å². The molecule has 0 saturated carbocycles. The van der Waals surface area contributed by atoms with E-state index in [-0.39, 0.29) is 0 Å². The quantitative estimate of drug-likeness (QED) is 0.432. The van der Waals surface area contributed by atoms with Gasteiger partial charge in [-0.05, 0) is 6.42 Å². The number of methoxy groups -OCH3 is 2. The van der Waals surface area contributed by atoms with Crippen LogP contribution in [0.5, 0.6) is 0 Å². The van der Waals surface area contributed by atoms with Crippen molar-refractivity contribution in [1.82, 2.24) is 0 Å². The number of esters is 2. The van der Waals surface area contributed by atoms with Crippen molar-refractivity contribution in [1.29, 1.82) is 0 Å². The van der Waals surface area contributed by atoms with Crippen molar-refractivity contribution in [2.75, 3.05) is 14.2 Å². The zero-order valence-corrected chi connectivity index (χ0v) is 10.2. The average Bonchev–Trinajstić information content (AvgIpc) is 2.23. The highest BCUT2D eigenvalue weighted by molar-refractivity contribution is 9.10. The average molecular weight is 267 g/mol. The third kappa shape index (κ3) is 2.97. The second-order valence-corrected chi connectivity index (χ2v) is 4.24. The van der Waals surface area contributed by atoms with Crippen LogP contribution in [0.3, 0.4) is 0 Å². The molecule has 0 aromatic carbocycles. The number of hydrogen-bond donors (Lipinski definition) is 0. The highest BCUT2D eigenvalue weighted by atomic mass is 79.9. The molecule has 0 bridgehead atoms. The summed E-state index contributed by atoms with van der Waals surface area (Å²) in [5.41, 5.74) is 0. The van der Waals surface area contributed by atoms with Gasteiger partial charge in [0.2, 0.25) is 4.32 Å². The van der Waals surface area contributed by atoms with E-state index in [2.05, 4.69) is 25.4 Å². The molecule has 0 aliphatic carbocycles. The third-order valence-corrected chi connectivity index (χ3v) is 2.94. The van der Waals surface area contributed by atoms with Crippen LogP contribution in [0.1, 0.15) is 26.2 Å². The molecule has 0 aromatic rings. The largest absolute Gasteiger partial charge is 0.468 e. The molecule has 0 aromatic heterocycles. The molecule has 0 aliphatic rings. The van der Waals surface area contributed by atoms with Crippen molar-refractivity contribution >= 4 is 27.9 Å². The van der Waals surface area contributed by atoms with Crippen molar-refractivity contribution in [3.05, 3.63) is 0 Å². The maximum absolute atomic E-state index is 11.4. The van der Waals surface area contributed by atoms with Crippen LogP contribution in [0.15, 0.2) is 0 Å². The van der Waals surface area contributed by atoms with E-state index in [9.17, 15) is 9.59 Å². The maximum atomic E-state index is 11.4. The minimum absolute atomic E-state index is 0.378. The highest BCUT2D eigenvalue weighted by Gasteiger charge is 2.45. The fraction of sp³-hybridized carbons (Fsp3) is 0.778. The number of ether oxygens (including phenoxy) is 2. The fourth-order valence-corrected chi connectivity index (χ4v) is 1.64. The summed E-state index contributed by atoms with van der Waals surface area (Å²) in [5, 5.41) is 0. The summed E-state index contributed by atoms with van der Waals surface area (Å²) < 4.78 is 7.76. The van der Waals surface area contributed by atoms with Gasteiger partial charge in [0, 0.05) is 0 Å². The van der Waals surface area contributed by atoms with Crippen LogP contribution in [0.25, 0.3) is 0 Å². The van der Waals surface area contributed by atoms with Gasteiger partial charge in [-0.25, -0.2) is 9.59 Å². The molecule has 14 heavy (non-hydrogen) atoms. The lowest BCUT2D eigenvalue weighted by atomic mass is 10.0. The summed E-state index contributed by atoms with van der Waals surface area (Å²) in [6.45, 7) is 1.97. The number of hydrogen-bond acceptors (Lipinski definition) is 4. The Morgan fingerprint density at radius 2 is 1.64 bits per heavy atom. The molecule has 0 amide bonds. The zero-order chi connectivity index (χ0) is 11.2. The number of carbonyl (C=O) groups excluding carboxylic acids is 2. The summed E-state index contributed by atoms with van der Waals surface area (Å²) >= 11 is 3.09. The standard InChI is InChI=1S/C9H15BrO4/c1-4-5-6-9(10,7(11)13-2)8(12)14-3/h4-6H2,1-3H3. The van der Waals surface area contributed by atoms with Crippen LogP contribution in [0.2, 0.25) is 0 Å². The van der Waals surface area contributed by atoms with Crippen LogP contribution in [0.4, 0.5) is 0 Å². The monoisotopic (exact) mass is 266 g/mol. The molecule has 0 saturated heterocycles. The first-order chi connectivity index (χ1) is 6.52. The predicted octanol–water partition coefficient (Wildman–Crippen LogP) is 1.66. The van der Waals surface area contributed by atoms with E-state index in [0.29, 0.717) is 6.42 Å². The Morgan fingerprint density at radius 3 is 1.93 bits per heavy atom. The Kier molecular flexibility index (Phi) is 5.76. The number of halogens is 1. The molecule has 4 nitrogen and oxygen atoms in total. The van der Waals surface area contributed by atoms with Crippen molar-refractivity contribution in [2.24, 2.45) is 0 Å². The van der Waals surface area contributed by atoms with Gasteiger partial charge in [0.05, 0.1) is 14.2 Å². The zero-order valence-electron chi connectivity index (χ0n) is 8.63. The summed E-state index contributed by atoms with van der Waals surface area (Å²) in [5.74, 6) is -1.23. The predicted molar refractivity (Wildman–Crippen MR) is 55.2 cm³/mol. The Balaban J connectivity index is 4.65. The lowest BCUT2D eigenvalue weighted by molar-refractivity contribution is -0.155. The SMILES string of the molecule is CCCCC(Br)(C(=O)OC)C(=O)OC. The molecule has 82 valence electrons. The van der Waals surface area contributed by atoms with E-state index in [1.165, 1.54) is 14.2 Å². The van der Waals surface area contributed by atoms with Crippen molar-refractivity contribution in [2.45, 2.75) is 30.5 Å². The van der Waals surface area contributed by atoms with Crippen molar-refractivity contribution in [3.63, 3.8) is 0 Å². The summed E-state index contributed by atoms with van der Waals surface area (Å²) in [7, 11) is 2.49.